The van der Waals surface area contributed by atoms with Crippen LogP contribution in [0, 0.1) is 6.92 Å². The summed E-state index contributed by atoms with van der Waals surface area (Å²) in [5, 5.41) is 12.1. The van der Waals surface area contributed by atoms with Gasteiger partial charge in [0.25, 0.3) is 0 Å². The average Bonchev–Trinajstić information content (AvgIpc) is 2.43. The first-order valence-corrected chi connectivity index (χ1v) is 6.76. The van der Waals surface area contributed by atoms with Crippen molar-refractivity contribution in [2.75, 3.05) is 18.5 Å². The van der Waals surface area contributed by atoms with Crippen LogP contribution in [-0.4, -0.2) is 29.2 Å². The van der Waals surface area contributed by atoms with E-state index in [4.69, 9.17) is 21.4 Å². The van der Waals surface area contributed by atoms with Crippen molar-refractivity contribution in [3.63, 3.8) is 0 Å². The number of nitrogens with zero attached hydrogens (tertiary/aromatic N) is 1. The number of hydrogen-bond acceptors (Lipinski definition) is 4. The molecule has 0 radical (unpaired) electrons. The van der Waals surface area contributed by atoms with Crippen molar-refractivity contribution in [3.05, 3.63) is 52.7 Å². The molecule has 0 bridgehead atoms. The van der Waals surface area contributed by atoms with Crippen LogP contribution in [0.15, 0.2) is 36.4 Å². The summed E-state index contributed by atoms with van der Waals surface area (Å²) >= 11 is 5.77. The number of carbonyl (C=O) groups is 1. The van der Waals surface area contributed by atoms with Crippen molar-refractivity contribution in [1.29, 1.82) is 0 Å². The number of aromatic nitrogens is 1. The first-order chi connectivity index (χ1) is 10.0. The Kier molecular flexibility index (Phi) is 5.00. The second-order valence-corrected chi connectivity index (χ2v) is 4.85. The van der Waals surface area contributed by atoms with Gasteiger partial charge < -0.3 is 15.2 Å². The molecule has 21 heavy (non-hydrogen) atoms. The monoisotopic (exact) mass is 306 g/mol. The third-order valence-corrected chi connectivity index (χ3v) is 2.90. The highest BCUT2D eigenvalue weighted by Crippen LogP contribution is 2.15. The lowest BCUT2D eigenvalue weighted by Crippen LogP contribution is -2.13. The summed E-state index contributed by atoms with van der Waals surface area (Å²) in [5.74, 6) is 0.160. The van der Waals surface area contributed by atoms with Crippen LogP contribution < -0.4 is 10.1 Å². The predicted molar refractivity (Wildman–Crippen MR) is 81.4 cm³/mol. The summed E-state index contributed by atoms with van der Waals surface area (Å²) < 4.78 is 5.58. The molecule has 2 aromatic rings. The Morgan fingerprint density at radius 1 is 1.38 bits per heavy atom. The molecule has 1 aromatic carbocycles. The molecular weight excluding hydrogens is 292 g/mol. The van der Waals surface area contributed by atoms with Crippen molar-refractivity contribution in [1.82, 2.24) is 4.98 Å². The second kappa shape index (κ2) is 6.95. The van der Waals surface area contributed by atoms with Crippen LogP contribution in [0.3, 0.4) is 0 Å². The molecule has 110 valence electrons. The minimum absolute atomic E-state index is 0.0945. The van der Waals surface area contributed by atoms with E-state index in [1.165, 1.54) is 12.1 Å². The van der Waals surface area contributed by atoms with Gasteiger partial charge in [-0.3, -0.25) is 0 Å². The van der Waals surface area contributed by atoms with E-state index >= 15 is 0 Å². The third-order valence-electron chi connectivity index (χ3n) is 2.71. The molecule has 1 aromatic heterocycles. The second-order valence-electron chi connectivity index (χ2n) is 4.46. The number of pyridine rings is 1. The molecule has 2 N–H and O–H groups in total. The standard InChI is InChI=1S/C15H15ClN2O3/c1-10-3-2-4-12(7-10)21-6-5-17-14-9-11(15(19)20)8-13(16)18-14/h2-4,7-9H,5-6H2,1H3,(H,17,18)(H,19,20). The third kappa shape index (κ3) is 4.65. The van der Waals surface area contributed by atoms with Crippen molar-refractivity contribution >= 4 is 23.4 Å². The number of anilines is 1. The van der Waals surface area contributed by atoms with Gasteiger partial charge in [0.2, 0.25) is 0 Å². The predicted octanol–water partition coefficient (Wildman–Crippen LogP) is 3.23. The summed E-state index contributed by atoms with van der Waals surface area (Å²) in [7, 11) is 0. The van der Waals surface area contributed by atoms with Gasteiger partial charge in [0.05, 0.1) is 12.1 Å². The van der Waals surface area contributed by atoms with E-state index < -0.39 is 5.97 Å². The van der Waals surface area contributed by atoms with Crippen LogP contribution in [0.25, 0.3) is 0 Å². The molecule has 6 heteroatoms. The van der Waals surface area contributed by atoms with Gasteiger partial charge in [0, 0.05) is 0 Å². The summed E-state index contributed by atoms with van der Waals surface area (Å²) in [6.07, 6.45) is 0. The van der Waals surface area contributed by atoms with E-state index in [1.807, 2.05) is 31.2 Å². The van der Waals surface area contributed by atoms with Crippen molar-refractivity contribution < 1.29 is 14.6 Å². The Balaban J connectivity index is 1.87. The summed E-state index contributed by atoms with van der Waals surface area (Å²) in [5.41, 5.74) is 1.22. The molecule has 1 heterocycles. The summed E-state index contributed by atoms with van der Waals surface area (Å²) in [6, 6.07) is 10.5. The van der Waals surface area contributed by atoms with Crippen LogP contribution >= 0.6 is 11.6 Å². The van der Waals surface area contributed by atoms with E-state index in [0.29, 0.717) is 19.0 Å². The van der Waals surface area contributed by atoms with Crippen LogP contribution in [0.1, 0.15) is 15.9 Å². The van der Waals surface area contributed by atoms with Crippen LogP contribution in [-0.2, 0) is 0 Å². The van der Waals surface area contributed by atoms with Gasteiger partial charge in [-0.05, 0) is 36.8 Å². The molecule has 2 rings (SSSR count). The fourth-order valence-corrected chi connectivity index (χ4v) is 1.97. The number of benzene rings is 1. The molecule has 0 fully saturated rings. The van der Waals surface area contributed by atoms with Crippen molar-refractivity contribution in [3.8, 4) is 5.75 Å². The Labute approximate surface area is 127 Å². The maximum Gasteiger partial charge on any atom is 0.335 e. The van der Waals surface area contributed by atoms with Gasteiger partial charge in [0.1, 0.15) is 23.3 Å². The molecule has 5 nitrogen and oxygen atoms in total. The van der Waals surface area contributed by atoms with Crippen LogP contribution in [0.4, 0.5) is 5.82 Å². The lowest BCUT2D eigenvalue weighted by atomic mass is 10.2. The number of aryl methyl sites for hydroxylation is 1. The zero-order valence-electron chi connectivity index (χ0n) is 11.5. The normalized spacial score (nSPS) is 10.2. The first-order valence-electron chi connectivity index (χ1n) is 6.39. The number of rotatable bonds is 6. The molecule has 0 amide bonds. The molecule has 0 unspecified atom stereocenters. The molecule has 0 saturated carbocycles. The maximum atomic E-state index is 10.9. The Morgan fingerprint density at radius 3 is 2.90 bits per heavy atom. The smallest absolute Gasteiger partial charge is 0.335 e. The largest absolute Gasteiger partial charge is 0.492 e. The van der Waals surface area contributed by atoms with Gasteiger partial charge >= 0.3 is 5.97 Å². The van der Waals surface area contributed by atoms with E-state index in [2.05, 4.69) is 10.3 Å². The average molecular weight is 307 g/mol. The van der Waals surface area contributed by atoms with Gasteiger partial charge in [0.15, 0.2) is 0 Å². The SMILES string of the molecule is Cc1cccc(OCCNc2cc(C(=O)O)cc(Cl)n2)c1. The van der Waals surface area contributed by atoms with Gasteiger partial charge in [-0.1, -0.05) is 23.7 Å². The van der Waals surface area contributed by atoms with Gasteiger partial charge in [-0.2, -0.15) is 0 Å². The van der Waals surface area contributed by atoms with Crippen LogP contribution in [0.5, 0.6) is 5.75 Å². The zero-order chi connectivity index (χ0) is 15.2. The molecular formula is C15H15ClN2O3. The zero-order valence-corrected chi connectivity index (χ0v) is 12.2. The van der Waals surface area contributed by atoms with E-state index in [9.17, 15) is 4.79 Å². The van der Waals surface area contributed by atoms with E-state index in [-0.39, 0.29) is 10.7 Å². The first kappa shape index (κ1) is 15.1. The van der Waals surface area contributed by atoms with Gasteiger partial charge in [-0.15, -0.1) is 0 Å². The fourth-order valence-electron chi connectivity index (χ4n) is 1.76. The molecule has 0 aliphatic heterocycles. The lowest BCUT2D eigenvalue weighted by Gasteiger charge is -2.09. The number of nitrogens with one attached hydrogen (secondary N) is 1. The van der Waals surface area contributed by atoms with Crippen molar-refractivity contribution in [2.24, 2.45) is 0 Å². The Morgan fingerprint density at radius 2 is 2.19 bits per heavy atom. The minimum Gasteiger partial charge on any atom is -0.492 e. The minimum atomic E-state index is -1.04. The fraction of sp³-hybridized carbons (Fsp3) is 0.200. The molecule has 0 atom stereocenters. The van der Waals surface area contributed by atoms with E-state index in [1.54, 1.807) is 0 Å². The maximum absolute atomic E-state index is 10.9. The molecule has 0 aliphatic carbocycles. The number of ether oxygens (including phenoxy) is 1. The lowest BCUT2D eigenvalue weighted by molar-refractivity contribution is 0.0697. The Hall–Kier alpha value is -2.27. The van der Waals surface area contributed by atoms with E-state index in [0.717, 1.165) is 11.3 Å². The van der Waals surface area contributed by atoms with Crippen molar-refractivity contribution in [2.45, 2.75) is 6.92 Å². The number of halogens is 1. The van der Waals surface area contributed by atoms with Gasteiger partial charge in [-0.25, -0.2) is 9.78 Å². The Bertz CT molecular complexity index is 647. The molecule has 0 saturated heterocycles. The number of aromatic carboxylic acids is 1. The van der Waals surface area contributed by atoms with Crippen LogP contribution in [0.2, 0.25) is 5.15 Å². The molecule has 0 spiro atoms. The highest BCUT2D eigenvalue weighted by molar-refractivity contribution is 6.29. The number of carboxylic acids is 1. The summed E-state index contributed by atoms with van der Waals surface area (Å²) in [4.78, 5) is 14.9. The topological polar surface area (TPSA) is 71.5 Å². The number of hydrogen-bond donors (Lipinski definition) is 2. The molecule has 0 aliphatic rings. The summed E-state index contributed by atoms with van der Waals surface area (Å²) in [6.45, 7) is 2.91. The highest BCUT2D eigenvalue weighted by atomic mass is 35.5. The highest BCUT2D eigenvalue weighted by Gasteiger charge is 2.07. The number of carboxylic acid groups (broad SMARTS) is 1. The quantitative estimate of drug-likeness (QED) is 0.633.